The molecule has 0 spiro atoms. The van der Waals surface area contributed by atoms with Gasteiger partial charge >= 0.3 is 31.6 Å². The number of hydrogen-bond acceptors (Lipinski definition) is 24. The van der Waals surface area contributed by atoms with Gasteiger partial charge in [0.1, 0.15) is 21.2 Å². The van der Waals surface area contributed by atoms with Crippen LogP contribution in [0.4, 0.5) is 51.7 Å². The molecule has 0 saturated heterocycles. The first-order chi connectivity index (χ1) is 32.7. The first kappa shape index (κ1) is 55.6. The SMILES string of the molecule is CCN(c1cccc(C)c1)c1nc(Cl)nc(Nc2cc(N=Nc3c(S(=O)(=O)O)cc4ccc(N=Nc5ccc(CCCOS(=O)(=O)O)cc5)c(N)c4c3O)ccc2S(=O)(=O)O)n1.O=S(=O)=O.O=S(=O)=O. The Hall–Kier alpha value is -7.01. The molecule has 0 unspecified atom stereocenters. The van der Waals surface area contributed by atoms with Crippen LogP contribution < -0.4 is 16.0 Å². The monoisotopic (exact) mass is 1090 g/mol. The third kappa shape index (κ3) is 16.6. The molecule has 7 N–H and O–H groups in total. The lowest BCUT2D eigenvalue weighted by atomic mass is 10.1. The quantitative estimate of drug-likeness (QED) is 0.0270. The Morgan fingerprint density at radius 2 is 1.37 bits per heavy atom. The van der Waals surface area contributed by atoms with E-state index >= 15 is 0 Å². The molecule has 0 aliphatic rings. The van der Waals surface area contributed by atoms with E-state index < -0.39 is 73.1 Å². The van der Waals surface area contributed by atoms with Crippen molar-refractivity contribution in [3.05, 3.63) is 101 Å². The van der Waals surface area contributed by atoms with E-state index in [1.807, 2.05) is 38.1 Å². The summed E-state index contributed by atoms with van der Waals surface area (Å²) in [5.41, 5.74) is 8.00. The van der Waals surface area contributed by atoms with Crippen molar-refractivity contribution >= 4 is 126 Å². The number of benzene rings is 5. The van der Waals surface area contributed by atoms with Crippen molar-refractivity contribution in [2.24, 2.45) is 20.5 Å². The Morgan fingerprint density at radius 3 is 1.96 bits per heavy atom. The number of azo groups is 2. The van der Waals surface area contributed by atoms with Gasteiger partial charge in [0, 0.05) is 12.2 Å². The first-order valence-corrected chi connectivity index (χ1v) is 25.6. The number of fused-ring (bicyclic) bond motifs is 1. The fourth-order valence-corrected chi connectivity index (χ4v) is 7.77. The number of rotatable bonds is 16. The molecule has 70 heavy (non-hydrogen) atoms. The van der Waals surface area contributed by atoms with Crippen molar-refractivity contribution in [3.8, 4) is 5.75 Å². The Balaban J connectivity index is 0.00000124. The minimum absolute atomic E-state index is 0.0563. The van der Waals surface area contributed by atoms with E-state index in [-0.39, 0.29) is 57.3 Å². The summed E-state index contributed by atoms with van der Waals surface area (Å²) in [6.07, 6.45) is 0.746. The van der Waals surface area contributed by atoms with Gasteiger partial charge in [-0.05, 0) is 109 Å². The van der Waals surface area contributed by atoms with E-state index in [1.165, 1.54) is 12.1 Å². The number of aromatic hydroxyl groups is 1. The maximum atomic E-state index is 12.6. The molecule has 0 atom stereocenters. The van der Waals surface area contributed by atoms with Crippen LogP contribution in [0.1, 0.15) is 24.5 Å². The minimum atomic E-state index is -5.06. The van der Waals surface area contributed by atoms with E-state index in [9.17, 15) is 39.5 Å². The summed E-state index contributed by atoms with van der Waals surface area (Å²) in [7, 11) is -20.7. The molecule has 27 nitrogen and oxygen atoms in total. The van der Waals surface area contributed by atoms with Gasteiger partial charge in [-0.3, -0.25) is 13.7 Å². The molecule has 0 saturated carbocycles. The third-order valence-electron chi connectivity index (χ3n) is 8.79. The van der Waals surface area contributed by atoms with Crippen LogP contribution in [0.15, 0.2) is 115 Å². The van der Waals surface area contributed by atoms with Crippen molar-refractivity contribution in [1.82, 2.24) is 15.0 Å². The van der Waals surface area contributed by atoms with Crippen molar-refractivity contribution in [2.45, 2.75) is 36.5 Å². The molecule has 6 rings (SSSR count). The largest absolute Gasteiger partial charge is 0.505 e. The lowest BCUT2D eigenvalue weighted by Gasteiger charge is -2.22. The summed E-state index contributed by atoms with van der Waals surface area (Å²) in [4.78, 5) is 12.9. The molecular formula is C37H35ClN10O17S5. The predicted octanol–water partition coefficient (Wildman–Crippen LogP) is 6.24. The number of aryl methyl sites for hydroxylation is 2. The zero-order valence-corrected chi connectivity index (χ0v) is 40.4. The molecule has 0 fully saturated rings. The number of nitrogens with zero attached hydrogens (tertiary/aromatic N) is 8. The Morgan fingerprint density at radius 1 is 0.757 bits per heavy atom. The second-order valence-corrected chi connectivity index (χ2v) is 18.6. The van der Waals surface area contributed by atoms with Crippen molar-refractivity contribution < 1.29 is 73.5 Å². The Labute approximate surface area is 405 Å². The fourth-order valence-electron chi connectivity index (χ4n) is 6.00. The van der Waals surface area contributed by atoms with Gasteiger partial charge in [0.25, 0.3) is 20.2 Å². The number of hydrogen-bond donors (Lipinski definition) is 6. The van der Waals surface area contributed by atoms with E-state index in [0.29, 0.717) is 25.1 Å². The number of nitrogens with two attached hydrogens (primary N) is 1. The number of phenols is 1. The third-order valence-corrected chi connectivity index (χ3v) is 11.2. The molecule has 0 aliphatic carbocycles. The van der Waals surface area contributed by atoms with Gasteiger partial charge < -0.3 is 21.1 Å². The lowest BCUT2D eigenvalue weighted by molar-refractivity contribution is 0.265. The maximum absolute atomic E-state index is 12.6. The molecule has 1 aromatic heterocycles. The number of halogens is 1. The van der Waals surface area contributed by atoms with Crippen LogP contribution in [0.5, 0.6) is 5.75 Å². The molecule has 1 heterocycles. The summed E-state index contributed by atoms with van der Waals surface area (Å²) in [5.74, 6) is -0.937. The van der Waals surface area contributed by atoms with Crippen LogP contribution in [0.3, 0.4) is 0 Å². The average molecular weight is 1090 g/mol. The molecule has 372 valence electrons. The van der Waals surface area contributed by atoms with Gasteiger partial charge in [0.2, 0.25) is 17.2 Å². The topological polar surface area (TPSA) is 424 Å². The van der Waals surface area contributed by atoms with Gasteiger partial charge in [0.15, 0.2) is 5.75 Å². The molecule has 6 aromatic rings. The number of anilines is 5. The number of nitrogen functional groups attached to an aromatic ring is 1. The van der Waals surface area contributed by atoms with E-state index in [4.69, 9.17) is 47.1 Å². The Kier molecular flexibility index (Phi) is 19.1. The second kappa shape index (κ2) is 24.0. The number of aromatic nitrogens is 3. The minimum Gasteiger partial charge on any atom is -0.505 e. The smallest absolute Gasteiger partial charge is 0.425 e. The average Bonchev–Trinajstić information content (AvgIpc) is 3.23. The van der Waals surface area contributed by atoms with Gasteiger partial charge in [-0.2, -0.15) is 50.4 Å². The maximum Gasteiger partial charge on any atom is 0.425 e. The highest BCUT2D eigenvalue weighted by molar-refractivity contribution is 7.86. The zero-order valence-electron chi connectivity index (χ0n) is 35.6. The normalized spacial score (nSPS) is 11.7. The zero-order chi connectivity index (χ0) is 52.1. The highest BCUT2D eigenvalue weighted by Crippen LogP contribution is 2.46. The highest BCUT2D eigenvalue weighted by Gasteiger charge is 2.25. The van der Waals surface area contributed by atoms with E-state index in [0.717, 1.165) is 41.1 Å². The van der Waals surface area contributed by atoms with Gasteiger partial charge in [-0.15, -0.1) is 35.5 Å². The van der Waals surface area contributed by atoms with Crippen LogP contribution in [0.2, 0.25) is 5.28 Å². The highest BCUT2D eigenvalue weighted by atomic mass is 35.5. The molecule has 0 amide bonds. The molecule has 33 heteroatoms. The van der Waals surface area contributed by atoms with Crippen molar-refractivity contribution in [1.29, 1.82) is 0 Å². The summed E-state index contributed by atoms with van der Waals surface area (Å²) >= 11 is 6.26. The standard InChI is InChI=1S/C37H35ClN10O11S3.2O3S/c1-3-48(26-8-4-6-21(2)18-26)37-42-35(38)41-36(43-37)40-28-20-25(14-16-29(28)60(50,51)52)45-47-33-30(61(53,54)55)19-23-11-15-27(32(39)31(23)34(33)49)46-44-24-12-9-22(10-13-24)7-5-17-59-62(56,57)58;2*1-4(2)3/h4,6,8-16,18-20,49H,3,5,7,17,39H2,1-2H3,(H,50,51,52)(H,53,54,55)(H,56,57,58)(H,40,41,42,43);;. The van der Waals surface area contributed by atoms with Gasteiger partial charge in [-0.25, -0.2) is 4.18 Å². The summed E-state index contributed by atoms with van der Waals surface area (Å²) in [5, 5.41) is 30.1. The summed E-state index contributed by atoms with van der Waals surface area (Å²) in [6, 6.07) is 21.1. The van der Waals surface area contributed by atoms with Crippen LogP contribution >= 0.6 is 11.6 Å². The molecule has 0 radical (unpaired) electrons. The van der Waals surface area contributed by atoms with E-state index in [1.54, 1.807) is 29.2 Å². The summed E-state index contributed by atoms with van der Waals surface area (Å²) in [6.45, 7) is 3.95. The lowest BCUT2D eigenvalue weighted by Crippen LogP contribution is -2.20. The van der Waals surface area contributed by atoms with E-state index in [2.05, 4.69) is 44.9 Å². The Bertz CT molecular complexity index is 3540. The molecule has 0 aliphatic heterocycles. The molecule has 0 bridgehead atoms. The van der Waals surface area contributed by atoms with Crippen molar-refractivity contribution in [2.75, 3.05) is 29.1 Å². The van der Waals surface area contributed by atoms with Crippen LogP contribution in [-0.4, -0.2) is 97.4 Å². The van der Waals surface area contributed by atoms with Gasteiger partial charge in [-0.1, -0.05) is 30.3 Å². The number of phenolic OH excluding ortho intramolecular Hbond substituents is 1. The summed E-state index contributed by atoms with van der Waals surface area (Å²) < 4.78 is 155. The number of nitrogens with one attached hydrogen (secondary N) is 1. The van der Waals surface area contributed by atoms with Gasteiger partial charge in [0.05, 0.1) is 34.7 Å². The van der Waals surface area contributed by atoms with Crippen LogP contribution in [0, 0.1) is 6.92 Å². The fraction of sp³-hybridized carbons (Fsp3) is 0.162. The predicted molar refractivity (Wildman–Crippen MR) is 248 cm³/mol. The second-order valence-electron chi connectivity index (χ2n) is 13.6. The van der Waals surface area contributed by atoms with Crippen LogP contribution in [-0.2, 0) is 62.5 Å². The first-order valence-electron chi connectivity index (χ1n) is 18.9. The van der Waals surface area contributed by atoms with Crippen LogP contribution in [0.25, 0.3) is 10.8 Å². The molecule has 5 aromatic carbocycles. The van der Waals surface area contributed by atoms with Crippen molar-refractivity contribution in [3.63, 3.8) is 0 Å². The molecular weight excluding hydrogens is 1050 g/mol.